The number of aryl methyl sites for hydroxylation is 1. The van der Waals surface area contributed by atoms with Crippen LogP contribution in [-0.2, 0) is 26.2 Å². The van der Waals surface area contributed by atoms with Crippen molar-refractivity contribution in [1.82, 2.24) is 10.2 Å². The maximum absolute atomic E-state index is 13.7. The Balaban J connectivity index is 2.04. The zero-order valence-corrected chi connectivity index (χ0v) is 21.3. The molecule has 0 heterocycles. The lowest BCUT2D eigenvalue weighted by atomic mass is 10.1. The van der Waals surface area contributed by atoms with Crippen LogP contribution in [0.3, 0.4) is 0 Å². The summed E-state index contributed by atoms with van der Waals surface area (Å²) in [5, 5.41) is 2.57. The Morgan fingerprint density at radius 2 is 1.64 bits per heavy atom. The number of sulfonamides is 1. The van der Waals surface area contributed by atoms with E-state index in [4.69, 9.17) is 0 Å². The molecule has 2 amide bonds. The van der Waals surface area contributed by atoms with Crippen molar-refractivity contribution in [3.05, 3.63) is 95.8 Å². The Morgan fingerprint density at radius 3 is 2.22 bits per heavy atom. The summed E-state index contributed by atoms with van der Waals surface area (Å²) in [5.74, 6) is -1.36. The van der Waals surface area contributed by atoms with Crippen LogP contribution in [-0.4, -0.2) is 44.8 Å². The molecular formula is C27H30FN3O4S. The topological polar surface area (TPSA) is 86.8 Å². The number of rotatable bonds is 10. The van der Waals surface area contributed by atoms with Gasteiger partial charge >= 0.3 is 0 Å². The number of halogens is 1. The minimum atomic E-state index is -4.10. The van der Waals surface area contributed by atoms with Gasteiger partial charge in [-0.2, -0.15) is 0 Å². The number of benzene rings is 3. The Hall–Kier alpha value is -3.72. The average Bonchev–Trinajstić information content (AvgIpc) is 2.88. The van der Waals surface area contributed by atoms with Crippen LogP contribution < -0.4 is 9.62 Å². The maximum atomic E-state index is 13.7. The van der Waals surface area contributed by atoms with Crippen LogP contribution in [0, 0.1) is 12.7 Å². The van der Waals surface area contributed by atoms with Gasteiger partial charge in [0.15, 0.2) is 0 Å². The highest BCUT2D eigenvalue weighted by Crippen LogP contribution is 2.25. The number of hydrogen-bond acceptors (Lipinski definition) is 4. The lowest BCUT2D eigenvalue weighted by molar-refractivity contribution is -0.140. The zero-order valence-electron chi connectivity index (χ0n) is 20.5. The molecule has 3 aromatic carbocycles. The Morgan fingerprint density at radius 1 is 0.972 bits per heavy atom. The molecule has 1 atom stereocenters. The van der Waals surface area contributed by atoms with Gasteiger partial charge in [0.25, 0.3) is 10.0 Å². The monoisotopic (exact) mass is 511 g/mol. The average molecular weight is 512 g/mol. The van der Waals surface area contributed by atoms with Gasteiger partial charge in [0, 0.05) is 13.6 Å². The molecule has 9 heteroatoms. The predicted octanol–water partition coefficient (Wildman–Crippen LogP) is 3.88. The van der Waals surface area contributed by atoms with Crippen LogP contribution in [0.5, 0.6) is 0 Å². The highest BCUT2D eigenvalue weighted by atomic mass is 32.2. The second-order valence-electron chi connectivity index (χ2n) is 8.35. The van der Waals surface area contributed by atoms with E-state index >= 15 is 0 Å². The van der Waals surface area contributed by atoms with E-state index in [1.807, 2.05) is 13.0 Å². The lowest BCUT2D eigenvalue weighted by Gasteiger charge is -2.33. The van der Waals surface area contributed by atoms with Gasteiger partial charge in [0.2, 0.25) is 11.8 Å². The maximum Gasteiger partial charge on any atom is 0.264 e. The van der Waals surface area contributed by atoms with Crippen LogP contribution in [0.25, 0.3) is 0 Å². The number of anilines is 1. The minimum absolute atomic E-state index is 0.0120. The summed E-state index contributed by atoms with van der Waals surface area (Å²) >= 11 is 0. The number of carbonyl (C=O) groups is 2. The number of carbonyl (C=O) groups excluding carboxylic acids is 2. The normalized spacial score (nSPS) is 12.0. The smallest absolute Gasteiger partial charge is 0.264 e. The molecule has 7 nitrogen and oxygen atoms in total. The fraction of sp³-hybridized carbons (Fsp3) is 0.259. The van der Waals surface area contributed by atoms with Crippen LogP contribution >= 0.6 is 0 Å². The molecule has 0 radical (unpaired) electrons. The van der Waals surface area contributed by atoms with E-state index in [9.17, 15) is 22.4 Å². The van der Waals surface area contributed by atoms with Gasteiger partial charge in [-0.15, -0.1) is 0 Å². The molecule has 0 aliphatic carbocycles. The molecule has 0 aromatic heterocycles. The predicted molar refractivity (Wildman–Crippen MR) is 137 cm³/mol. The molecule has 3 rings (SSSR count). The molecule has 0 aliphatic rings. The fourth-order valence-electron chi connectivity index (χ4n) is 3.90. The molecule has 36 heavy (non-hydrogen) atoms. The van der Waals surface area contributed by atoms with Crippen LogP contribution in [0.4, 0.5) is 10.1 Å². The van der Waals surface area contributed by atoms with E-state index in [-0.39, 0.29) is 17.3 Å². The van der Waals surface area contributed by atoms with Crippen molar-refractivity contribution in [2.45, 2.75) is 37.8 Å². The first-order valence-corrected chi connectivity index (χ1v) is 13.0. The Bertz CT molecular complexity index is 1300. The van der Waals surface area contributed by atoms with Crippen molar-refractivity contribution < 1.29 is 22.4 Å². The first-order chi connectivity index (χ1) is 17.2. The summed E-state index contributed by atoms with van der Waals surface area (Å²) in [7, 11) is -2.62. The molecule has 0 saturated heterocycles. The van der Waals surface area contributed by atoms with Crippen molar-refractivity contribution in [2.75, 3.05) is 17.9 Å². The molecule has 0 spiro atoms. The number of nitrogens with zero attached hydrogens (tertiary/aromatic N) is 2. The van der Waals surface area contributed by atoms with E-state index in [1.165, 1.54) is 48.3 Å². The molecule has 0 fully saturated rings. The van der Waals surface area contributed by atoms with Gasteiger partial charge in [-0.1, -0.05) is 49.4 Å². The third-order valence-electron chi connectivity index (χ3n) is 5.80. The van der Waals surface area contributed by atoms with Gasteiger partial charge in [-0.05, 0) is 60.9 Å². The summed E-state index contributed by atoms with van der Waals surface area (Å²) in [6.07, 6.45) is 0.308. The number of amides is 2. The first kappa shape index (κ1) is 26.9. The summed E-state index contributed by atoms with van der Waals surface area (Å²) < 4.78 is 41.8. The fourth-order valence-corrected chi connectivity index (χ4v) is 5.33. The van der Waals surface area contributed by atoms with Gasteiger partial charge in [-0.25, -0.2) is 12.8 Å². The quantitative estimate of drug-likeness (QED) is 0.448. The third-order valence-corrected chi connectivity index (χ3v) is 7.59. The van der Waals surface area contributed by atoms with Crippen LogP contribution in [0.2, 0.25) is 0 Å². The molecule has 0 saturated carbocycles. The van der Waals surface area contributed by atoms with E-state index in [1.54, 1.807) is 43.3 Å². The molecule has 1 N–H and O–H groups in total. The number of hydrogen-bond donors (Lipinski definition) is 1. The number of nitrogens with one attached hydrogen (secondary N) is 1. The SMILES string of the molecule is CC[C@H](C(=O)NC)N(Cc1ccc(F)cc1)C(=O)CN(c1cccc(C)c1)S(=O)(=O)c1ccccc1. The molecular weight excluding hydrogens is 481 g/mol. The Kier molecular flexibility index (Phi) is 8.82. The van der Waals surface area contributed by atoms with Gasteiger partial charge in [0.1, 0.15) is 18.4 Å². The van der Waals surface area contributed by atoms with Crippen LogP contribution in [0.1, 0.15) is 24.5 Å². The molecule has 190 valence electrons. The highest BCUT2D eigenvalue weighted by molar-refractivity contribution is 7.92. The molecule has 0 bridgehead atoms. The second-order valence-corrected chi connectivity index (χ2v) is 10.2. The first-order valence-electron chi connectivity index (χ1n) is 11.6. The van der Waals surface area contributed by atoms with Crippen molar-refractivity contribution in [2.24, 2.45) is 0 Å². The number of likely N-dealkylation sites (N-methyl/N-ethyl adjacent to an activating group) is 1. The van der Waals surface area contributed by atoms with Gasteiger partial charge in [-0.3, -0.25) is 13.9 Å². The van der Waals surface area contributed by atoms with Crippen molar-refractivity contribution >= 4 is 27.5 Å². The van der Waals surface area contributed by atoms with E-state index in [0.29, 0.717) is 17.7 Å². The minimum Gasteiger partial charge on any atom is -0.357 e. The molecule has 0 unspecified atom stereocenters. The molecule has 3 aromatic rings. The van der Waals surface area contributed by atoms with Gasteiger partial charge < -0.3 is 10.2 Å². The summed E-state index contributed by atoms with van der Waals surface area (Å²) in [4.78, 5) is 27.8. The van der Waals surface area contributed by atoms with E-state index < -0.39 is 34.3 Å². The summed E-state index contributed by atoms with van der Waals surface area (Å²) in [6.45, 7) is 3.09. The lowest BCUT2D eigenvalue weighted by Crippen LogP contribution is -2.51. The zero-order chi connectivity index (χ0) is 26.3. The Labute approximate surface area is 211 Å². The summed E-state index contributed by atoms with van der Waals surface area (Å²) in [5.41, 5.74) is 1.77. The van der Waals surface area contributed by atoms with Crippen LogP contribution in [0.15, 0.2) is 83.8 Å². The summed E-state index contributed by atoms with van der Waals surface area (Å²) in [6, 6.07) is 19.5. The van der Waals surface area contributed by atoms with E-state index in [2.05, 4.69) is 5.32 Å². The third kappa shape index (κ3) is 6.28. The second kappa shape index (κ2) is 11.8. The standard InChI is InChI=1S/C27H30FN3O4S/c1-4-25(27(33)29-3)30(18-21-13-15-22(28)16-14-21)26(32)19-31(23-10-8-9-20(2)17-23)36(34,35)24-11-6-5-7-12-24/h5-17,25H,4,18-19H2,1-3H3,(H,29,33)/t25-/m1/s1. The molecule has 0 aliphatic heterocycles. The highest BCUT2D eigenvalue weighted by Gasteiger charge is 2.33. The van der Waals surface area contributed by atoms with Gasteiger partial charge in [0.05, 0.1) is 10.6 Å². The van der Waals surface area contributed by atoms with Crippen molar-refractivity contribution in [1.29, 1.82) is 0 Å². The van der Waals surface area contributed by atoms with Crippen molar-refractivity contribution in [3.63, 3.8) is 0 Å². The van der Waals surface area contributed by atoms with Crippen molar-refractivity contribution in [3.8, 4) is 0 Å². The van der Waals surface area contributed by atoms with E-state index in [0.717, 1.165) is 9.87 Å². The largest absolute Gasteiger partial charge is 0.357 e.